The molecule has 0 spiro atoms. The molecule has 1 unspecified atom stereocenters. The molecule has 2 amide bonds. The lowest BCUT2D eigenvalue weighted by atomic mass is 9.74. The van der Waals surface area contributed by atoms with E-state index in [0.29, 0.717) is 25.1 Å². The molecule has 2 aromatic heterocycles. The van der Waals surface area contributed by atoms with Crippen LogP contribution in [0.5, 0.6) is 0 Å². The van der Waals surface area contributed by atoms with E-state index in [9.17, 15) is 9.59 Å². The lowest BCUT2D eigenvalue weighted by Gasteiger charge is -2.41. The molecule has 1 aromatic carbocycles. The molecule has 6 heteroatoms. The molecule has 158 valence electrons. The molecule has 3 heterocycles. The van der Waals surface area contributed by atoms with Gasteiger partial charge in [0, 0.05) is 44.9 Å². The second-order valence-electron chi connectivity index (χ2n) is 8.04. The van der Waals surface area contributed by atoms with Crippen molar-refractivity contribution in [3.63, 3.8) is 0 Å². The number of benzene rings is 1. The van der Waals surface area contributed by atoms with Crippen LogP contribution in [0.1, 0.15) is 28.8 Å². The smallest absolute Gasteiger partial charge is 0.255 e. The number of carbonyl (C=O) groups excluding carboxylic acids is 2. The standard InChI is InChI=1S/C25H26N4O2/c1-26-24(31)25(10-4-14-29(18-25)23(30)22-7-3-11-28-17-22)16-19-5-2-6-21(15-19)20-8-12-27-13-9-20/h2-3,5-9,11-13,15,17H,4,10,14,16,18H2,1H3,(H,26,31). The molecule has 3 aromatic rings. The van der Waals surface area contributed by atoms with Gasteiger partial charge in [0.15, 0.2) is 0 Å². The van der Waals surface area contributed by atoms with Gasteiger partial charge < -0.3 is 10.2 Å². The summed E-state index contributed by atoms with van der Waals surface area (Å²) < 4.78 is 0. The van der Waals surface area contributed by atoms with Crippen LogP contribution in [-0.2, 0) is 11.2 Å². The van der Waals surface area contributed by atoms with Crippen LogP contribution in [0, 0.1) is 5.41 Å². The minimum Gasteiger partial charge on any atom is -0.359 e. The Hall–Kier alpha value is -3.54. The summed E-state index contributed by atoms with van der Waals surface area (Å²) in [6.45, 7) is 1.03. The highest BCUT2D eigenvalue weighted by Crippen LogP contribution is 2.35. The Kier molecular flexibility index (Phi) is 6.07. The summed E-state index contributed by atoms with van der Waals surface area (Å²) in [7, 11) is 1.67. The SMILES string of the molecule is CNC(=O)C1(Cc2cccc(-c3ccncc3)c2)CCCN(C(=O)c2cccnc2)C1. The molecule has 0 aliphatic carbocycles. The van der Waals surface area contributed by atoms with Crippen LogP contribution in [0.3, 0.4) is 0 Å². The predicted molar refractivity (Wildman–Crippen MR) is 119 cm³/mol. The van der Waals surface area contributed by atoms with Gasteiger partial charge in [-0.15, -0.1) is 0 Å². The van der Waals surface area contributed by atoms with E-state index < -0.39 is 5.41 Å². The fourth-order valence-electron chi connectivity index (χ4n) is 4.45. The zero-order chi connectivity index (χ0) is 21.7. The van der Waals surface area contributed by atoms with Crippen molar-refractivity contribution < 1.29 is 9.59 Å². The lowest BCUT2D eigenvalue weighted by molar-refractivity contribution is -0.133. The number of aromatic nitrogens is 2. The third-order valence-electron chi connectivity index (χ3n) is 5.96. The average molecular weight is 415 g/mol. The van der Waals surface area contributed by atoms with E-state index in [4.69, 9.17) is 0 Å². The molecule has 1 atom stereocenters. The molecule has 1 saturated heterocycles. The molecule has 31 heavy (non-hydrogen) atoms. The maximum Gasteiger partial charge on any atom is 0.255 e. The fourth-order valence-corrected chi connectivity index (χ4v) is 4.45. The number of carbonyl (C=O) groups is 2. The van der Waals surface area contributed by atoms with Gasteiger partial charge in [0.1, 0.15) is 0 Å². The number of piperidine rings is 1. The number of pyridine rings is 2. The zero-order valence-electron chi connectivity index (χ0n) is 17.6. The molecule has 0 radical (unpaired) electrons. The van der Waals surface area contributed by atoms with E-state index in [0.717, 1.165) is 29.5 Å². The highest BCUT2D eigenvalue weighted by atomic mass is 16.2. The van der Waals surface area contributed by atoms with Crippen molar-refractivity contribution in [3.8, 4) is 11.1 Å². The zero-order valence-corrected chi connectivity index (χ0v) is 17.6. The minimum atomic E-state index is -0.665. The van der Waals surface area contributed by atoms with E-state index in [-0.39, 0.29) is 11.8 Å². The van der Waals surface area contributed by atoms with Gasteiger partial charge in [0.25, 0.3) is 5.91 Å². The molecule has 0 bridgehead atoms. The maximum absolute atomic E-state index is 13.1. The Morgan fingerprint density at radius 3 is 2.61 bits per heavy atom. The van der Waals surface area contributed by atoms with E-state index >= 15 is 0 Å². The van der Waals surface area contributed by atoms with Crippen LogP contribution < -0.4 is 5.32 Å². The molecular formula is C25H26N4O2. The summed E-state index contributed by atoms with van der Waals surface area (Å²) in [6.07, 6.45) is 8.87. The molecule has 1 fully saturated rings. The summed E-state index contributed by atoms with van der Waals surface area (Å²) in [5.41, 5.74) is 3.14. The Balaban J connectivity index is 1.61. The number of rotatable bonds is 5. The first-order valence-electron chi connectivity index (χ1n) is 10.5. The molecule has 1 aliphatic rings. The van der Waals surface area contributed by atoms with Gasteiger partial charge in [-0.1, -0.05) is 24.3 Å². The van der Waals surface area contributed by atoms with E-state index in [1.165, 1.54) is 0 Å². The number of nitrogens with zero attached hydrogens (tertiary/aromatic N) is 3. The number of amides is 2. The average Bonchev–Trinajstić information content (AvgIpc) is 2.84. The minimum absolute atomic E-state index is 0.0227. The van der Waals surface area contributed by atoms with E-state index in [2.05, 4.69) is 33.5 Å². The highest BCUT2D eigenvalue weighted by Gasteiger charge is 2.43. The van der Waals surface area contributed by atoms with Crippen molar-refractivity contribution in [2.45, 2.75) is 19.3 Å². The number of likely N-dealkylation sites (tertiary alicyclic amines) is 1. The third-order valence-corrected chi connectivity index (χ3v) is 5.96. The second kappa shape index (κ2) is 9.08. The van der Waals surface area contributed by atoms with Crippen molar-refractivity contribution in [2.24, 2.45) is 5.41 Å². The topological polar surface area (TPSA) is 75.2 Å². The first-order valence-corrected chi connectivity index (χ1v) is 10.5. The van der Waals surface area contributed by atoms with Gasteiger partial charge >= 0.3 is 0 Å². The molecule has 1 N–H and O–H groups in total. The van der Waals surface area contributed by atoms with E-state index in [1.807, 2.05) is 18.2 Å². The first kappa shape index (κ1) is 20.7. The quantitative estimate of drug-likeness (QED) is 0.695. The summed E-state index contributed by atoms with van der Waals surface area (Å²) in [5.74, 6) is -0.0999. The van der Waals surface area contributed by atoms with Gasteiger partial charge in [0.2, 0.25) is 5.91 Å². The number of hydrogen-bond donors (Lipinski definition) is 1. The van der Waals surface area contributed by atoms with Crippen molar-refractivity contribution in [2.75, 3.05) is 20.1 Å². The summed E-state index contributed by atoms with van der Waals surface area (Å²) in [6, 6.07) is 15.7. The molecule has 4 rings (SSSR count). The maximum atomic E-state index is 13.1. The predicted octanol–water partition coefficient (Wildman–Crippen LogP) is 3.35. The molecule has 6 nitrogen and oxygen atoms in total. The van der Waals surface area contributed by atoms with Crippen LogP contribution in [0.4, 0.5) is 0 Å². The highest BCUT2D eigenvalue weighted by molar-refractivity contribution is 5.94. The Labute approximate surface area is 182 Å². The summed E-state index contributed by atoms with van der Waals surface area (Å²) >= 11 is 0. The van der Waals surface area contributed by atoms with Gasteiger partial charge in [-0.25, -0.2) is 0 Å². The largest absolute Gasteiger partial charge is 0.359 e. The van der Waals surface area contributed by atoms with Crippen molar-refractivity contribution >= 4 is 11.8 Å². The van der Waals surface area contributed by atoms with Gasteiger partial charge in [-0.3, -0.25) is 19.6 Å². The Morgan fingerprint density at radius 2 is 1.87 bits per heavy atom. The molecule has 1 aliphatic heterocycles. The van der Waals surface area contributed by atoms with E-state index in [1.54, 1.807) is 48.9 Å². The van der Waals surface area contributed by atoms with Crippen molar-refractivity contribution in [1.82, 2.24) is 20.2 Å². The first-order chi connectivity index (χ1) is 15.1. The number of hydrogen-bond acceptors (Lipinski definition) is 4. The monoisotopic (exact) mass is 414 g/mol. The van der Waals surface area contributed by atoms with Crippen molar-refractivity contribution in [1.29, 1.82) is 0 Å². The summed E-state index contributed by atoms with van der Waals surface area (Å²) in [4.78, 5) is 36.1. The van der Waals surface area contributed by atoms with Crippen LogP contribution in [0.2, 0.25) is 0 Å². The fraction of sp³-hybridized carbons (Fsp3) is 0.280. The Bertz CT molecular complexity index is 1060. The van der Waals surface area contributed by atoms with Crippen molar-refractivity contribution in [3.05, 3.63) is 84.4 Å². The Morgan fingerprint density at radius 1 is 1.03 bits per heavy atom. The van der Waals surface area contributed by atoms with Crippen LogP contribution in [-0.4, -0.2) is 46.8 Å². The van der Waals surface area contributed by atoms with Gasteiger partial charge in [-0.2, -0.15) is 0 Å². The molecular weight excluding hydrogens is 388 g/mol. The third kappa shape index (κ3) is 4.48. The lowest BCUT2D eigenvalue weighted by Crippen LogP contribution is -2.54. The van der Waals surface area contributed by atoms with Crippen LogP contribution in [0.15, 0.2) is 73.3 Å². The summed E-state index contributed by atoms with van der Waals surface area (Å²) in [5, 5.41) is 2.84. The van der Waals surface area contributed by atoms with Crippen LogP contribution in [0.25, 0.3) is 11.1 Å². The molecule has 0 saturated carbocycles. The van der Waals surface area contributed by atoms with Gasteiger partial charge in [-0.05, 0) is 60.2 Å². The van der Waals surface area contributed by atoms with Crippen LogP contribution >= 0.6 is 0 Å². The van der Waals surface area contributed by atoms with Gasteiger partial charge in [0.05, 0.1) is 11.0 Å². The second-order valence-corrected chi connectivity index (χ2v) is 8.04. The number of nitrogens with one attached hydrogen (secondary N) is 1. The normalized spacial score (nSPS) is 18.4.